The van der Waals surface area contributed by atoms with Crippen molar-refractivity contribution in [3.8, 4) is 11.1 Å². The first-order valence-corrected chi connectivity index (χ1v) is 6.49. The fourth-order valence-electron chi connectivity index (χ4n) is 2.38. The number of hydrogen-bond donors (Lipinski definition) is 4. The van der Waals surface area contributed by atoms with E-state index >= 15 is 0 Å². The summed E-state index contributed by atoms with van der Waals surface area (Å²) >= 11 is 0. The average molecular weight is 300 g/mol. The highest BCUT2D eigenvalue weighted by molar-refractivity contribution is 6.04. The van der Waals surface area contributed by atoms with E-state index in [9.17, 15) is 14.7 Å². The zero-order chi connectivity index (χ0) is 16.6. The molecule has 0 spiro atoms. The van der Waals surface area contributed by atoms with Crippen LogP contribution in [0, 0.1) is 13.8 Å². The number of nitrogen functional groups attached to an aromatic ring is 2. The smallest absolute Gasteiger partial charge is 0.339 e. The molecule has 0 unspecified atom stereocenters. The normalized spacial score (nSPS) is 10.5. The SMILES string of the molecule is Cc1cc(C(=O)O)cc(-c2cc(C)c(N)c(C(=O)O)c2N)c1. The lowest BCUT2D eigenvalue weighted by Gasteiger charge is -2.15. The van der Waals surface area contributed by atoms with E-state index in [1.165, 1.54) is 12.1 Å². The van der Waals surface area contributed by atoms with Crippen molar-refractivity contribution in [2.24, 2.45) is 0 Å². The molecule has 114 valence electrons. The topological polar surface area (TPSA) is 127 Å². The van der Waals surface area contributed by atoms with Crippen LogP contribution < -0.4 is 11.5 Å². The summed E-state index contributed by atoms with van der Waals surface area (Å²) in [5.74, 6) is -2.28. The summed E-state index contributed by atoms with van der Waals surface area (Å²) in [5.41, 5.74) is 14.1. The highest BCUT2D eigenvalue weighted by Gasteiger charge is 2.19. The van der Waals surface area contributed by atoms with Gasteiger partial charge in [-0.1, -0.05) is 6.07 Å². The minimum absolute atomic E-state index is 0.0255. The maximum Gasteiger partial charge on any atom is 0.339 e. The quantitative estimate of drug-likeness (QED) is 0.645. The third-order valence-corrected chi connectivity index (χ3v) is 3.46. The second-order valence-electron chi connectivity index (χ2n) is 5.14. The van der Waals surface area contributed by atoms with Crippen LogP contribution in [0.1, 0.15) is 31.8 Å². The Labute approximate surface area is 127 Å². The van der Waals surface area contributed by atoms with E-state index in [0.717, 1.165) is 5.56 Å². The molecule has 6 heteroatoms. The van der Waals surface area contributed by atoms with Crippen molar-refractivity contribution in [1.29, 1.82) is 0 Å². The third kappa shape index (κ3) is 2.58. The van der Waals surface area contributed by atoms with Gasteiger partial charge in [-0.25, -0.2) is 9.59 Å². The van der Waals surface area contributed by atoms with E-state index in [2.05, 4.69) is 0 Å². The van der Waals surface area contributed by atoms with Crippen molar-refractivity contribution < 1.29 is 19.8 Å². The van der Waals surface area contributed by atoms with Crippen molar-refractivity contribution in [2.75, 3.05) is 11.5 Å². The second-order valence-corrected chi connectivity index (χ2v) is 5.14. The van der Waals surface area contributed by atoms with E-state index in [4.69, 9.17) is 16.6 Å². The van der Waals surface area contributed by atoms with Gasteiger partial charge in [0.25, 0.3) is 0 Å². The molecule has 0 saturated heterocycles. The Morgan fingerprint density at radius 1 is 0.909 bits per heavy atom. The number of anilines is 2. The Bertz CT molecular complexity index is 797. The number of aromatic carboxylic acids is 2. The van der Waals surface area contributed by atoms with Crippen LogP contribution in [0.3, 0.4) is 0 Å². The molecular weight excluding hydrogens is 284 g/mol. The lowest BCUT2D eigenvalue weighted by molar-refractivity contribution is 0.0687. The number of nitrogens with two attached hydrogens (primary N) is 2. The Morgan fingerprint density at radius 3 is 2.09 bits per heavy atom. The molecule has 0 aliphatic carbocycles. The van der Waals surface area contributed by atoms with Crippen LogP contribution in [-0.4, -0.2) is 22.2 Å². The number of hydrogen-bond acceptors (Lipinski definition) is 4. The predicted octanol–water partition coefficient (Wildman–Crippen LogP) is 2.53. The molecule has 22 heavy (non-hydrogen) atoms. The van der Waals surface area contributed by atoms with Gasteiger partial charge in [-0.3, -0.25) is 0 Å². The average Bonchev–Trinajstić information content (AvgIpc) is 2.41. The van der Waals surface area contributed by atoms with Crippen LogP contribution in [0.25, 0.3) is 11.1 Å². The van der Waals surface area contributed by atoms with Crippen LogP contribution in [0.15, 0.2) is 24.3 Å². The number of carboxylic acids is 2. The summed E-state index contributed by atoms with van der Waals surface area (Å²) in [5, 5.41) is 18.4. The van der Waals surface area contributed by atoms with E-state index in [1.54, 1.807) is 26.0 Å². The number of carboxylic acid groups (broad SMARTS) is 2. The van der Waals surface area contributed by atoms with Gasteiger partial charge >= 0.3 is 11.9 Å². The van der Waals surface area contributed by atoms with Crippen LogP contribution in [0.4, 0.5) is 11.4 Å². The van der Waals surface area contributed by atoms with E-state index in [0.29, 0.717) is 16.7 Å². The highest BCUT2D eigenvalue weighted by atomic mass is 16.4. The Hall–Kier alpha value is -3.02. The molecule has 6 N–H and O–H groups in total. The number of aryl methyl sites for hydroxylation is 2. The van der Waals surface area contributed by atoms with Gasteiger partial charge in [0, 0.05) is 5.56 Å². The molecule has 0 heterocycles. The molecule has 0 saturated carbocycles. The third-order valence-electron chi connectivity index (χ3n) is 3.46. The fourth-order valence-corrected chi connectivity index (χ4v) is 2.38. The van der Waals surface area contributed by atoms with Crippen molar-refractivity contribution in [3.05, 3.63) is 46.5 Å². The maximum absolute atomic E-state index is 11.4. The largest absolute Gasteiger partial charge is 0.478 e. The summed E-state index contributed by atoms with van der Waals surface area (Å²) in [6.07, 6.45) is 0. The first-order valence-electron chi connectivity index (χ1n) is 6.49. The highest BCUT2D eigenvalue weighted by Crippen LogP contribution is 2.35. The van der Waals surface area contributed by atoms with Crippen molar-refractivity contribution in [2.45, 2.75) is 13.8 Å². The van der Waals surface area contributed by atoms with Gasteiger partial charge in [-0.05, 0) is 48.7 Å². The van der Waals surface area contributed by atoms with Crippen molar-refractivity contribution in [3.63, 3.8) is 0 Å². The van der Waals surface area contributed by atoms with Crippen LogP contribution in [-0.2, 0) is 0 Å². The molecule has 0 radical (unpaired) electrons. The minimum Gasteiger partial charge on any atom is -0.478 e. The predicted molar refractivity (Wildman–Crippen MR) is 84.1 cm³/mol. The fraction of sp³-hybridized carbons (Fsp3) is 0.125. The number of rotatable bonds is 3. The van der Waals surface area contributed by atoms with Gasteiger partial charge < -0.3 is 21.7 Å². The molecule has 2 aromatic rings. The lowest BCUT2D eigenvalue weighted by Crippen LogP contribution is -2.10. The molecule has 0 atom stereocenters. The van der Waals surface area contributed by atoms with Gasteiger partial charge in [-0.2, -0.15) is 0 Å². The van der Waals surface area contributed by atoms with Gasteiger partial charge in [-0.15, -0.1) is 0 Å². The molecule has 0 bridgehead atoms. The summed E-state index contributed by atoms with van der Waals surface area (Å²) < 4.78 is 0. The summed E-state index contributed by atoms with van der Waals surface area (Å²) in [4.78, 5) is 22.5. The van der Waals surface area contributed by atoms with Gasteiger partial charge in [0.2, 0.25) is 0 Å². The van der Waals surface area contributed by atoms with Crippen LogP contribution in [0.5, 0.6) is 0 Å². The van der Waals surface area contributed by atoms with Crippen molar-refractivity contribution in [1.82, 2.24) is 0 Å². The van der Waals surface area contributed by atoms with Gasteiger partial charge in [0.05, 0.1) is 16.9 Å². The summed E-state index contributed by atoms with van der Waals surface area (Å²) in [6.45, 7) is 3.44. The van der Waals surface area contributed by atoms with Gasteiger partial charge in [0.15, 0.2) is 0 Å². The monoisotopic (exact) mass is 300 g/mol. The standard InChI is InChI=1S/C16H16N2O4/c1-7-3-9(6-10(4-7)15(19)20)11-5-8(2)13(17)12(14(11)18)16(21)22/h3-6H,17-18H2,1-2H3,(H,19,20)(H,21,22). The second kappa shape index (κ2) is 5.40. The number of carbonyl (C=O) groups is 2. The Kier molecular flexibility index (Phi) is 3.77. The van der Waals surface area contributed by atoms with Crippen molar-refractivity contribution >= 4 is 23.3 Å². The lowest BCUT2D eigenvalue weighted by atomic mass is 9.93. The maximum atomic E-state index is 11.4. The molecule has 0 aromatic heterocycles. The zero-order valence-electron chi connectivity index (χ0n) is 12.2. The first kappa shape index (κ1) is 15.4. The Morgan fingerprint density at radius 2 is 1.55 bits per heavy atom. The molecule has 0 aliphatic heterocycles. The minimum atomic E-state index is -1.22. The molecule has 0 aliphatic rings. The van der Waals surface area contributed by atoms with E-state index < -0.39 is 11.9 Å². The molecule has 0 fully saturated rings. The van der Waals surface area contributed by atoms with Crippen LogP contribution in [0.2, 0.25) is 0 Å². The zero-order valence-corrected chi connectivity index (χ0v) is 12.2. The molecule has 2 rings (SSSR count). The molecule has 2 aromatic carbocycles. The molecule has 0 amide bonds. The molecular formula is C16H16N2O4. The van der Waals surface area contributed by atoms with E-state index in [1.807, 2.05) is 0 Å². The number of benzene rings is 2. The van der Waals surface area contributed by atoms with E-state index in [-0.39, 0.29) is 22.5 Å². The van der Waals surface area contributed by atoms with Gasteiger partial charge in [0.1, 0.15) is 5.56 Å². The first-order chi connectivity index (χ1) is 10.2. The molecule has 6 nitrogen and oxygen atoms in total. The Balaban J connectivity index is 2.78. The van der Waals surface area contributed by atoms with Crippen LogP contribution >= 0.6 is 0 Å². The summed E-state index contributed by atoms with van der Waals surface area (Å²) in [6, 6.07) is 6.41. The summed E-state index contributed by atoms with van der Waals surface area (Å²) in [7, 11) is 0.